The van der Waals surface area contributed by atoms with Crippen LogP contribution in [0.3, 0.4) is 0 Å². The van der Waals surface area contributed by atoms with E-state index in [-0.39, 0.29) is 12.5 Å². The molecule has 0 aliphatic heterocycles. The fourth-order valence-electron chi connectivity index (χ4n) is 2.71. The van der Waals surface area contributed by atoms with E-state index in [9.17, 15) is 9.90 Å². The maximum atomic E-state index is 12.4. The largest absolute Gasteiger partial charge is 0.394 e. The fourth-order valence-corrected chi connectivity index (χ4v) is 2.96. The summed E-state index contributed by atoms with van der Waals surface area (Å²) in [6.45, 7) is 3.98. The van der Waals surface area contributed by atoms with Crippen molar-refractivity contribution < 1.29 is 9.90 Å². The number of aliphatic hydroxyl groups is 1. The molecule has 0 atom stereocenters. The Morgan fingerprint density at radius 1 is 1.50 bits per heavy atom. The highest BCUT2D eigenvalue weighted by Crippen LogP contribution is 2.31. The third-order valence-corrected chi connectivity index (χ3v) is 4.29. The van der Waals surface area contributed by atoms with Gasteiger partial charge in [0.25, 0.3) is 5.91 Å². The molecule has 0 spiro atoms. The normalized spacial score (nSPS) is 26.3. The van der Waals surface area contributed by atoms with Gasteiger partial charge in [0.1, 0.15) is 5.15 Å². The Morgan fingerprint density at radius 3 is 2.70 bits per heavy atom. The van der Waals surface area contributed by atoms with Gasteiger partial charge in [0.15, 0.2) is 0 Å². The highest BCUT2D eigenvalue weighted by Gasteiger charge is 2.35. The lowest BCUT2D eigenvalue weighted by Crippen LogP contribution is -2.53. The summed E-state index contributed by atoms with van der Waals surface area (Å²) in [5.41, 5.74) is 0.708. The van der Waals surface area contributed by atoms with E-state index in [0.29, 0.717) is 22.3 Å². The molecule has 1 heterocycles. The van der Waals surface area contributed by atoms with Gasteiger partial charge in [0.2, 0.25) is 0 Å². The van der Waals surface area contributed by atoms with Gasteiger partial charge in [-0.2, -0.15) is 0 Å². The number of hydrogen-bond donors (Lipinski definition) is 2. The van der Waals surface area contributed by atoms with Gasteiger partial charge in [0, 0.05) is 11.3 Å². The number of aryl methyl sites for hydroxylation is 1. The van der Waals surface area contributed by atoms with Crippen LogP contribution in [0, 0.1) is 12.8 Å². The van der Waals surface area contributed by atoms with Crippen molar-refractivity contribution in [2.24, 2.45) is 5.92 Å². The number of rotatable bonds is 3. The van der Waals surface area contributed by atoms with Crippen LogP contribution in [0.15, 0.2) is 12.1 Å². The van der Waals surface area contributed by atoms with Crippen molar-refractivity contribution in [1.29, 1.82) is 0 Å². The summed E-state index contributed by atoms with van der Waals surface area (Å²) in [6.07, 6.45) is 3.68. The van der Waals surface area contributed by atoms with Crippen molar-refractivity contribution >= 4 is 17.5 Å². The zero-order chi connectivity index (χ0) is 14.8. The summed E-state index contributed by atoms with van der Waals surface area (Å²) in [6, 6.07) is 3.26. The molecule has 2 N–H and O–H groups in total. The Bertz CT molecular complexity index is 476. The monoisotopic (exact) mass is 296 g/mol. The zero-order valence-electron chi connectivity index (χ0n) is 11.9. The first kappa shape index (κ1) is 15.3. The van der Waals surface area contributed by atoms with E-state index in [0.717, 1.165) is 25.7 Å². The molecule has 1 amide bonds. The average Bonchev–Trinajstić information content (AvgIpc) is 2.40. The number of nitrogens with zero attached hydrogens (tertiary/aromatic N) is 1. The number of hydrogen-bond acceptors (Lipinski definition) is 3. The van der Waals surface area contributed by atoms with Crippen LogP contribution in [0.4, 0.5) is 0 Å². The minimum absolute atomic E-state index is 0.0245. The van der Waals surface area contributed by atoms with Gasteiger partial charge in [-0.25, -0.2) is 4.98 Å². The van der Waals surface area contributed by atoms with Crippen molar-refractivity contribution in [3.05, 3.63) is 28.5 Å². The van der Waals surface area contributed by atoms with E-state index < -0.39 is 5.54 Å². The summed E-state index contributed by atoms with van der Waals surface area (Å²) >= 11 is 5.88. The van der Waals surface area contributed by atoms with Gasteiger partial charge in [-0.3, -0.25) is 4.79 Å². The number of nitrogens with one attached hydrogen (secondary N) is 1. The van der Waals surface area contributed by atoms with Gasteiger partial charge in [-0.05, 0) is 50.7 Å². The summed E-state index contributed by atoms with van der Waals surface area (Å²) in [5, 5.41) is 13.0. The number of aromatic nitrogens is 1. The quantitative estimate of drug-likeness (QED) is 0.843. The number of carbonyl (C=O) groups is 1. The maximum Gasteiger partial charge on any atom is 0.251 e. The predicted octanol–water partition coefficient (Wildman–Crippen LogP) is 2.71. The number of halogens is 1. The third kappa shape index (κ3) is 3.49. The first-order valence-electron chi connectivity index (χ1n) is 7.02. The summed E-state index contributed by atoms with van der Waals surface area (Å²) < 4.78 is 0. The van der Waals surface area contributed by atoms with Crippen LogP contribution in [-0.2, 0) is 0 Å². The molecule has 0 radical (unpaired) electrons. The maximum absolute atomic E-state index is 12.4. The molecule has 1 aliphatic carbocycles. The molecule has 4 nitrogen and oxygen atoms in total. The predicted molar refractivity (Wildman–Crippen MR) is 78.9 cm³/mol. The molecule has 1 aliphatic rings. The number of carbonyl (C=O) groups excluding carboxylic acids is 1. The van der Waals surface area contributed by atoms with Gasteiger partial charge in [-0.1, -0.05) is 18.5 Å². The van der Waals surface area contributed by atoms with Gasteiger partial charge < -0.3 is 10.4 Å². The zero-order valence-corrected chi connectivity index (χ0v) is 12.7. The van der Waals surface area contributed by atoms with E-state index in [1.54, 1.807) is 19.1 Å². The van der Waals surface area contributed by atoms with E-state index in [4.69, 9.17) is 11.6 Å². The smallest absolute Gasteiger partial charge is 0.251 e. The molecule has 0 aromatic carbocycles. The molecule has 5 heteroatoms. The molecular formula is C15H21ClN2O2. The SMILES string of the molecule is Cc1cc(C(=O)NC2(CO)CCC(C)CC2)cc(Cl)n1. The van der Waals surface area contributed by atoms with Crippen LogP contribution in [0.5, 0.6) is 0 Å². The molecule has 20 heavy (non-hydrogen) atoms. The third-order valence-electron chi connectivity index (χ3n) is 4.10. The lowest BCUT2D eigenvalue weighted by atomic mass is 9.77. The highest BCUT2D eigenvalue weighted by atomic mass is 35.5. The second-order valence-electron chi connectivity index (χ2n) is 5.90. The second-order valence-corrected chi connectivity index (χ2v) is 6.28. The van der Waals surface area contributed by atoms with Gasteiger partial charge >= 0.3 is 0 Å². The van der Waals surface area contributed by atoms with Crippen molar-refractivity contribution in [3.63, 3.8) is 0 Å². The lowest BCUT2D eigenvalue weighted by molar-refractivity contribution is 0.0717. The topological polar surface area (TPSA) is 62.2 Å². The first-order valence-corrected chi connectivity index (χ1v) is 7.39. The molecule has 110 valence electrons. The molecule has 2 rings (SSSR count). The highest BCUT2D eigenvalue weighted by molar-refractivity contribution is 6.29. The minimum atomic E-state index is -0.493. The number of pyridine rings is 1. The number of aliphatic hydroxyl groups excluding tert-OH is 1. The second kappa shape index (κ2) is 6.10. The molecule has 1 aromatic heterocycles. The van der Waals surface area contributed by atoms with Crippen LogP contribution in [0.25, 0.3) is 0 Å². The molecular weight excluding hydrogens is 276 g/mol. The van der Waals surface area contributed by atoms with Crippen molar-refractivity contribution in [2.45, 2.75) is 45.1 Å². The standard InChI is InChI=1S/C15H21ClN2O2/c1-10-3-5-15(9-19,6-4-10)18-14(20)12-7-11(2)17-13(16)8-12/h7-8,10,19H,3-6,9H2,1-2H3,(H,18,20). The molecule has 1 fully saturated rings. The summed E-state index contributed by atoms with van der Waals surface area (Å²) in [7, 11) is 0. The van der Waals surface area contributed by atoms with Crippen LogP contribution < -0.4 is 5.32 Å². The van der Waals surface area contributed by atoms with Crippen LogP contribution in [0.1, 0.15) is 48.7 Å². The lowest BCUT2D eigenvalue weighted by Gasteiger charge is -2.38. The molecule has 1 aromatic rings. The first-order chi connectivity index (χ1) is 9.44. The van der Waals surface area contributed by atoms with E-state index >= 15 is 0 Å². The molecule has 0 bridgehead atoms. The average molecular weight is 297 g/mol. The van der Waals surface area contributed by atoms with E-state index in [2.05, 4.69) is 17.2 Å². The Kier molecular flexibility index (Phi) is 4.66. The summed E-state index contributed by atoms with van der Waals surface area (Å²) in [5.74, 6) is 0.463. The van der Waals surface area contributed by atoms with Crippen LogP contribution >= 0.6 is 11.6 Å². The van der Waals surface area contributed by atoms with Crippen molar-refractivity contribution in [1.82, 2.24) is 10.3 Å². The van der Waals surface area contributed by atoms with Crippen LogP contribution in [0.2, 0.25) is 5.15 Å². The van der Waals surface area contributed by atoms with E-state index in [1.807, 2.05) is 0 Å². The van der Waals surface area contributed by atoms with Crippen LogP contribution in [-0.4, -0.2) is 28.1 Å². The summed E-state index contributed by atoms with van der Waals surface area (Å²) in [4.78, 5) is 16.4. The van der Waals surface area contributed by atoms with E-state index in [1.165, 1.54) is 0 Å². The molecule has 1 saturated carbocycles. The van der Waals surface area contributed by atoms with Gasteiger partial charge in [-0.15, -0.1) is 0 Å². The van der Waals surface area contributed by atoms with Crippen molar-refractivity contribution in [2.75, 3.05) is 6.61 Å². The van der Waals surface area contributed by atoms with Crippen molar-refractivity contribution in [3.8, 4) is 0 Å². The molecule has 0 saturated heterocycles. The Hall–Kier alpha value is -1.13. The Balaban J connectivity index is 2.13. The fraction of sp³-hybridized carbons (Fsp3) is 0.600. The van der Waals surface area contributed by atoms with Gasteiger partial charge in [0.05, 0.1) is 12.1 Å². The Labute approximate surface area is 124 Å². The Morgan fingerprint density at radius 2 is 2.15 bits per heavy atom. The number of amides is 1. The minimum Gasteiger partial charge on any atom is -0.394 e. The molecule has 0 unspecified atom stereocenters.